The molecular formula is C18H28N2O3. The maximum Gasteiger partial charge on any atom is 0.234 e. The lowest BCUT2D eigenvalue weighted by Crippen LogP contribution is -2.43. The lowest BCUT2D eigenvalue weighted by Gasteiger charge is -2.28. The summed E-state index contributed by atoms with van der Waals surface area (Å²) >= 11 is 0. The van der Waals surface area contributed by atoms with E-state index in [9.17, 15) is 9.90 Å². The van der Waals surface area contributed by atoms with E-state index in [1.165, 1.54) is 5.56 Å². The molecule has 128 valence electrons. The molecule has 0 aliphatic carbocycles. The van der Waals surface area contributed by atoms with Crippen LogP contribution in [0, 0.1) is 0 Å². The number of piperidine rings is 1. The summed E-state index contributed by atoms with van der Waals surface area (Å²) in [6.07, 6.45) is 1.30. The van der Waals surface area contributed by atoms with E-state index in [-0.39, 0.29) is 12.0 Å². The molecule has 0 atom stereocenters. The summed E-state index contributed by atoms with van der Waals surface area (Å²) in [6.45, 7) is 7.26. The molecule has 0 unspecified atom stereocenters. The number of hydrogen-bond acceptors (Lipinski definition) is 4. The van der Waals surface area contributed by atoms with E-state index < -0.39 is 0 Å². The molecule has 1 heterocycles. The molecule has 0 bridgehead atoms. The lowest BCUT2D eigenvalue weighted by atomic mass is 10.0. The third-order valence-corrected chi connectivity index (χ3v) is 4.16. The molecule has 1 aromatic rings. The lowest BCUT2D eigenvalue weighted by molar-refractivity contribution is -0.122. The van der Waals surface area contributed by atoms with Crippen molar-refractivity contribution in [1.82, 2.24) is 10.2 Å². The van der Waals surface area contributed by atoms with Crippen LogP contribution in [0.5, 0.6) is 5.75 Å². The molecule has 1 saturated heterocycles. The molecule has 0 saturated carbocycles. The maximum absolute atomic E-state index is 11.9. The minimum absolute atomic E-state index is 0.0140. The average Bonchev–Trinajstić information content (AvgIpc) is 2.54. The smallest absolute Gasteiger partial charge is 0.234 e. The Labute approximate surface area is 138 Å². The zero-order valence-corrected chi connectivity index (χ0v) is 14.1. The van der Waals surface area contributed by atoms with Crippen LogP contribution in [0.3, 0.4) is 0 Å². The van der Waals surface area contributed by atoms with Gasteiger partial charge in [0.25, 0.3) is 0 Å². The van der Waals surface area contributed by atoms with Gasteiger partial charge in [0, 0.05) is 13.1 Å². The number of nitrogens with zero attached hydrogens (tertiary/aromatic N) is 1. The topological polar surface area (TPSA) is 61.8 Å². The molecule has 23 heavy (non-hydrogen) atoms. The predicted molar refractivity (Wildman–Crippen MR) is 90.7 cm³/mol. The van der Waals surface area contributed by atoms with Gasteiger partial charge in [0.15, 0.2) is 0 Å². The van der Waals surface area contributed by atoms with Crippen molar-refractivity contribution in [2.75, 3.05) is 32.8 Å². The average molecular weight is 320 g/mol. The van der Waals surface area contributed by atoms with Crippen molar-refractivity contribution in [2.24, 2.45) is 0 Å². The van der Waals surface area contributed by atoms with Crippen LogP contribution in [0.25, 0.3) is 0 Å². The number of aliphatic hydroxyl groups is 1. The van der Waals surface area contributed by atoms with Crippen molar-refractivity contribution >= 4 is 5.91 Å². The zero-order valence-electron chi connectivity index (χ0n) is 14.1. The van der Waals surface area contributed by atoms with Gasteiger partial charge >= 0.3 is 0 Å². The highest BCUT2D eigenvalue weighted by Crippen LogP contribution is 2.18. The van der Waals surface area contributed by atoms with Crippen molar-refractivity contribution in [1.29, 1.82) is 0 Å². The van der Waals surface area contributed by atoms with Gasteiger partial charge in [-0.3, -0.25) is 9.69 Å². The first-order valence-corrected chi connectivity index (χ1v) is 8.44. The van der Waals surface area contributed by atoms with Gasteiger partial charge in [-0.2, -0.15) is 0 Å². The van der Waals surface area contributed by atoms with Gasteiger partial charge in [0.2, 0.25) is 5.91 Å². The fourth-order valence-electron chi connectivity index (χ4n) is 2.64. The number of aliphatic hydroxyl groups excluding tert-OH is 1. The summed E-state index contributed by atoms with van der Waals surface area (Å²) in [5.74, 6) is 1.35. The monoisotopic (exact) mass is 320 g/mol. The van der Waals surface area contributed by atoms with Gasteiger partial charge in [-0.1, -0.05) is 26.0 Å². The first-order chi connectivity index (χ1) is 11.0. The predicted octanol–water partition coefficient (Wildman–Crippen LogP) is 1.76. The Balaban J connectivity index is 1.60. The Kier molecular flexibility index (Phi) is 6.86. The standard InChI is InChI=1S/C18H28N2O3/c1-14(2)15-3-5-17(6-4-15)23-12-9-19-18(22)13-20-10-7-16(21)8-11-20/h3-6,14,16,21H,7-13H2,1-2H3,(H,19,22). The van der Waals surface area contributed by atoms with E-state index in [0.717, 1.165) is 31.7 Å². The molecule has 1 aliphatic rings. The van der Waals surface area contributed by atoms with Crippen LogP contribution in [0.4, 0.5) is 0 Å². The van der Waals surface area contributed by atoms with Crippen LogP contribution < -0.4 is 10.1 Å². The quantitative estimate of drug-likeness (QED) is 0.752. The molecular weight excluding hydrogens is 292 g/mol. The normalized spacial score (nSPS) is 16.5. The Morgan fingerprint density at radius 1 is 1.30 bits per heavy atom. The second-order valence-electron chi connectivity index (χ2n) is 6.43. The third-order valence-electron chi connectivity index (χ3n) is 4.16. The number of likely N-dealkylation sites (tertiary alicyclic amines) is 1. The number of amides is 1. The second-order valence-corrected chi connectivity index (χ2v) is 6.43. The van der Waals surface area contributed by atoms with Gasteiger partial charge in [-0.25, -0.2) is 0 Å². The molecule has 1 fully saturated rings. The fourth-order valence-corrected chi connectivity index (χ4v) is 2.64. The fraction of sp³-hybridized carbons (Fsp3) is 0.611. The molecule has 5 heteroatoms. The zero-order chi connectivity index (χ0) is 16.7. The van der Waals surface area contributed by atoms with Crippen molar-refractivity contribution in [3.05, 3.63) is 29.8 Å². The van der Waals surface area contributed by atoms with Crippen LogP contribution in [0.2, 0.25) is 0 Å². The summed E-state index contributed by atoms with van der Waals surface area (Å²) in [7, 11) is 0. The van der Waals surface area contributed by atoms with E-state index in [0.29, 0.717) is 25.6 Å². The first-order valence-electron chi connectivity index (χ1n) is 8.44. The number of carbonyl (C=O) groups is 1. The Morgan fingerprint density at radius 2 is 1.96 bits per heavy atom. The minimum Gasteiger partial charge on any atom is -0.492 e. The summed E-state index contributed by atoms with van der Waals surface area (Å²) in [6, 6.07) is 8.08. The number of hydrogen-bond donors (Lipinski definition) is 2. The van der Waals surface area contributed by atoms with Crippen LogP contribution in [0.1, 0.15) is 38.2 Å². The summed E-state index contributed by atoms with van der Waals surface area (Å²) < 4.78 is 5.63. The second kappa shape index (κ2) is 8.89. The van der Waals surface area contributed by atoms with E-state index in [2.05, 4.69) is 36.2 Å². The van der Waals surface area contributed by atoms with E-state index in [4.69, 9.17) is 4.74 Å². The van der Waals surface area contributed by atoms with E-state index >= 15 is 0 Å². The Morgan fingerprint density at radius 3 is 2.57 bits per heavy atom. The Hall–Kier alpha value is -1.59. The van der Waals surface area contributed by atoms with E-state index in [1.807, 2.05) is 12.1 Å². The highest BCUT2D eigenvalue weighted by molar-refractivity contribution is 5.78. The molecule has 1 aliphatic heterocycles. The molecule has 0 spiro atoms. The summed E-state index contributed by atoms with van der Waals surface area (Å²) in [4.78, 5) is 13.9. The summed E-state index contributed by atoms with van der Waals surface area (Å²) in [5, 5.41) is 12.3. The third kappa shape index (κ3) is 6.20. The van der Waals surface area contributed by atoms with Crippen molar-refractivity contribution in [3.8, 4) is 5.75 Å². The number of ether oxygens (including phenoxy) is 1. The Bertz CT molecular complexity index is 480. The van der Waals surface area contributed by atoms with Crippen LogP contribution >= 0.6 is 0 Å². The van der Waals surface area contributed by atoms with Crippen LogP contribution in [-0.2, 0) is 4.79 Å². The highest BCUT2D eigenvalue weighted by Gasteiger charge is 2.18. The van der Waals surface area contributed by atoms with Crippen molar-refractivity contribution in [2.45, 2.75) is 38.7 Å². The van der Waals surface area contributed by atoms with Crippen LogP contribution in [0.15, 0.2) is 24.3 Å². The number of carbonyl (C=O) groups excluding carboxylic acids is 1. The minimum atomic E-state index is -0.204. The molecule has 0 aromatic heterocycles. The largest absolute Gasteiger partial charge is 0.492 e. The first kappa shape index (κ1) is 17.8. The maximum atomic E-state index is 11.9. The number of nitrogens with one attached hydrogen (secondary N) is 1. The molecule has 2 rings (SSSR count). The molecule has 2 N–H and O–H groups in total. The van der Waals surface area contributed by atoms with Crippen LogP contribution in [-0.4, -0.2) is 54.8 Å². The molecule has 1 aromatic carbocycles. The summed E-state index contributed by atoms with van der Waals surface area (Å²) in [5.41, 5.74) is 1.29. The van der Waals surface area contributed by atoms with Gasteiger partial charge in [0.05, 0.1) is 19.2 Å². The highest BCUT2D eigenvalue weighted by atomic mass is 16.5. The van der Waals surface area contributed by atoms with Crippen molar-refractivity contribution in [3.63, 3.8) is 0 Å². The molecule has 5 nitrogen and oxygen atoms in total. The van der Waals surface area contributed by atoms with Gasteiger partial charge in [-0.15, -0.1) is 0 Å². The van der Waals surface area contributed by atoms with Gasteiger partial charge in [-0.05, 0) is 36.5 Å². The number of rotatable bonds is 7. The SMILES string of the molecule is CC(C)c1ccc(OCCNC(=O)CN2CCC(O)CC2)cc1. The van der Waals surface area contributed by atoms with Crippen molar-refractivity contribution < 1.29 is 14.6 Å². The van der Waals surface area contributed by atoms with Gasteiger partial charge in [0.1, 0.15) is 12.4 Å². The van der Waals surface area contributed by atoms with E-state index in [1.54, 1.807) is 0 Å². The van der Waals surface area contributed by atoms with Gasteiger partial charge < -0.3 is 15.2 Å². The molecule has 1 amide bonds. The molecule has 0 radical (unpaired) electrons. The number of benzene rings is 1.